The first-order valence-corrected chi connectivity index (χ1v) is 28.7. The average molecular weight is 981 g/mol. The van der Waals surface area contributed by atoms with Crippen LogP contribution in [0.4, 0.5) is 0 Å². The van der Waals surface area contributed by atoms with E-state index in [1.165, 1.54) is 103 Å². The highest BCUT2D eigenvalue weighted by Gasteiger charge is 2.53. The Morgan fingerprint density at radius 3 is 1.10 bits per heavy atom. The topological polar surface area (TPSA) is 179 Å². The second-order valence-corrected chi connectivity index (χ2v) is 19.7. The maximum atomic E-state index is 13.8. The maximum absolute atomic E-state index is 13.8. The highest BCUT2D eigenvalue weighted by Crippen LogP contribution is 2.32. The van der Waals surface area contributed by atoms with Crippen LogP contribution in [0.1, 0.15) is 285 Å². The van der Waals surface area contributed by atoms with Crippen molar-refractivity contribution in [3.63, 3.8) is 0 Å². The molecule has 1 amide bonds. The summed E-state index contributed by atoms with van der Waals surface area (Å²) in [7, 11) is 0. The van der Waals surface area contributed by atoms with Gasteiger partial charge in [-0.25, -0.2) is 5.84 Å². The molecule has 1 aliphatic rings. The summed E-state index contributed by atoms with van der Waals surface area (Å²) < 4.78 is 37.4. The number of hydrogen-bond acceptors (Lipinski definition) is 12. The molecular formula is C56H104N2O11. The summed E-state index contributed by atoms with van der Waals surface area (Å²) in [6, 6.07) is 0. The van der Waals surface area contributed by atoms with Crippen molar-refractivity contribution in [1.29, 1.82) is 0 Å². The molecule has 0 unspecified atom stereocenters. The van der Waals surface area contributed by atoms with Crippen LogP contribution in [0.15, 0.2) is 0 Å². The van der Waals surface area contributed by atoms with Crippen LogP contribution >= 0.6 is 0 Å². The molecule has 1 heterocycles. The van der Waals surface area contributed by atoms with E-state index in [1.807, 2.05) is 0 Å². The zero-order valence-electron chi connectivity index (χ0n) is 44.7. The number of nitrogens with two attached hydrogens (primary N) is 1. The van der Waals surface area contributed by atoms with Crippen molar-refractivity contribution >= 4 is 29.8 Å². The maximum Gasteiger partial charge on any atom is 0.306 e. The molecule has 1 aliphatic heterocycles. The van der Waals surface area contributed by atoms with Crippen molar-refractivity contribution in [2.24, 2.45) is 5.84 Å². The van der Waals surface area contributed by atoms with Crippen LogP contribution in [-0.4, -0.2) is 73.7 Å². The van der Waals surface area contributed by atoms with Gasteiger partial charge in [0.05, 0.1) is 0 Å². The molecule has 0 radical (unpaired) electrons. The summed E-state index contributed by atoms with van der Waals surface area (Å²) in [4.78, 5) is 66.3. The lowest BCUT2D eigenvalue weighted by molar-refractivity contribution is -0.309. The summed E-state index contributed by atoms with van der Waals surface area (Å²) in [5.41, 5.74) is 2.15. The van der Waals surface area contributed by atoms with E-state index >= 15 is 0 Å². The van der Waals surface area contributed by atoms with Gasteiger partial charge >= 0.3 is 23.9 Å². The number of nitrogens with one attached hydrogen (secondary N) is 1. The fourth-order valence-corrected chi connectivity index (χ4v) is 8.88. The minimum atomic E-state index is -1.28. The number of esters is 4. The van der Waals surface area contributed by atoms with Crippen molar-refractivity contribution in [2.75, 3.05) is 13.2 Å². The first-order valence-electron chi connectivity index (χ1n) is 28.7. The van der Waals surface area contributed by atoms with E-state index in [9.17, 15) is 24.0 Å². The number of hydrazine groups is 1. The van der Waals surface area contributed by atoms with Gasteiger partial charge in [-0.15, -0.1) is 0 Å². The lowest BCUT2D eigenvalue weighted by Crippen LogP contribution is -2.63. The Labute approximate surface area is 420 Å². The molecule has 5 atom stereocenters. The molecule has 1 fully saturated rings. The van der Waals surface area contributed by atoms with Gasteiger partial charge in [-0.1, -0.05) is 214 Å². The summed E-state index contributed by atoms with van der Waals surface area (Å²) in [5, 5.41) is 0. The minimum absolute atomic E-state index is 0.143. The third-order valence-electron chi connectivity index (χ3n) is 13.2. The van der Waals surface area contributed by atoms with Crippen LogP contribution in [0.25, 0.3) is 0 Å². The number of hydrogen-bond donors (Lipinski definition) is 2. The first-order chi connectivity index (χ1) is 33.7. The molecule has 3 N–H and O–H groups in total. The fourth-order valence-electron chi connectivity index (χ4n) is 8.88. The van der Waals surface area contributed by atoms with E-state index in [4.69, 9.17) is 34.3 Å². The van der Waals surface area contributed by atoms with Crippen LogP contribution in [-0.2, 0) is 52.4 Å². The summed E-state index contributed by atoms with van der Waals surface area (Å²) in [6.07, 6.45) is 30.8. The summed E-state index contributed by atoms with van der Waals surface area (Å²) in [5.74, 6) is 3.15. The molecule has 13 heteroatoms. The number of amides is 1. The zero-order valence-corrected chi connectivity index (χ0v) is 44.7. The molecule has 1 rings (SSSR count). The molecule has 1 saturated heterocycles. The van der Waals surface area contributed by atoms with Gasteiger partial charge < -0.3 is 28.4 Å². The predicted octanol–water partition coefficient (Wildman–Crippen LogP) is 13.7. The van der Waals surface area contributed by atoms with Gasteiger partial charge in [-0.2, -0.15) is 0 Å². The SMILES string of the molecule is CCCCCCCCCCC(=O)OC[C@H]1O[C@@H](OCCCCCC(=O)NN)[C@H](OC(=O)CCCCCCCCCC)[C@@H](OC(=O)CCCCCCCCCC)[C@@H]1OC(=O)CCCCCCCCCC. The Morgan fingerprint density at radius 1 is 0.391 bits per heavy atom. The van der Waals surface area contributed by atoms with Gasteiger partial charge in [0.25, 0.3) is 0 Å². The lowest BCUT2D eigenvalue weighted by Gasteiger charge is -2.44. The third kappa shape index (κ3) is 35.9. The number of carbonyl (C=O) groups is 5. The molecule has 404 valence electrons. The number of ether oxygens (including phenoxy) is 6. The van der Waals surface area contributed by atoms with Crippen molar-refractivity contribution in [3.05, 3.63) is 0 Å². The Kier molecular flexibility index (Phi) is 43.1. The Morgan fingerprint density at radius 2 is 0.710 bits per heavy atom. The van der Waals surface area contributed by atoms with Gasteiger partial charge in [-0.3, -0.25) is 29.4 Å². The summed E-state index contributed by atoms with van der Waals surface area (Å²) >= 11 is 0. The van der Waals surface area contributed by atoms with Crippen LogP contribution < -0.4 is 11.3 Å². The van der Waals surface area contributed by atoms with Gasteiger partial charge in [0.15, 0.2) is 24.6 Å². The predicted molar refractivity (Wildman–Crippen MR) is 275 cm³/mol. The molecule has 0 aromatic heterocycles. The van der Waals surface area contributed by atoms with Gasteiger partial charge in [0.2, 0.25) is 5.91 Å². The number of carbonyl (C=O) groups excluding carboxylic acids is 5. The Balaban J connectivity index is 3.39. The van der Waals surface area contributed by atoms with Crippen LogP contribution in [0, 0.1) is 0 Å². The Hall–Kier alpha value is -2.77. The fraction of sp³-hybridized carbons (Fsp3) is 0.911. The molecule has 0 saturated carbocycles. The molecule has 0 aromatic carbocycles. The van der Waals surface area contributed by atoms with E-state index in [0.717, 1.165) is 77.0 Å². The van der Waals surface area contributed by atoms with Crippen LogP contribution in [0.3, 0.4) is 0 Å². The molecule has 0 bridgehead atoms. The van der Waals surface area contributed by atoms with Crippen molar-refractivity contribution in [2.45, 2.75) is 315 Å². The third-order valence-corrected chi connectivity index (χ3v) is 13.2. The normalized spacial score (nSPS) is 17.9. The van der Waals surface area contributed by atoms with E-state index in [0.29, 0.717) is 44.9 Å². The molecule has 0 aromatic rings. The molecule has 0 aliphatic carbocycles. The standard InChI is InChI=1S/C56H104N2O11/c1-5-9-13-17-21-25-29-35-41-49(60)65-46-47-53(67-50(61)42-36-30-26-22-18-14-10-6-2)54(68-51(62)43-37-31-27-23-19-15-11-7-3)55(56(66-47)64-45-39-33-34-40-48(59)58-57)69-52(63)44-38-32-28-24-20-16-12-8-4/h47,53-56H,5-46,57H2,1-4H3,(H,58,59)/t47-,53-,54+,55-,56-/m1/s1. The highest BCUT2D eigenvalue weighted by atomic mass is 16.7. The van der Waals surface area contributed by atoms with Gasteiger partial charge in [0, 0.05) is 38.7 Å². The first kappa shape index (κ1) is 64.2. The zero-order chi connectivity index (χ0) is 50.4. The number of unbranched alkanes of at least 4 members (excludes halogenated alkanes) is 30. The molecule has 0 spiro atoms. The smallest absolute Gasteiger partial charge is 0.306 e. The quantitative estimate of drug-likeness (QED) is 0.0147. The second kappa shape index (κ2) is 46.3. The van der Waals surface area contributed by atoms with Gasteiger partial charge in [0.1, 0.15) is 12.7 Å². The van der Waals surface area contributed by atoms with Gasteiger partial charge in [-0.05, 0) is 38.5 Å². The van der Waals surface area contributed by atoms with Crippen molar-refractivity contribution in [1.82, 2.24) is 5.43 Å². The van der Waals surface area contributed by atoms with Crippen molar-refractivity contribution < 1.29 is 52.4 Å². The molecule has 13 nitrogen and oxygen atoms in total. The molecular weight excluding hydrogens is 877 g/mol. The van der Waals surface area contributed by atoms with Crippen LogP contribution in [0.2, 0.25) is 0 Å². The largest absolute Gasteiger partial charge is 0.463 e. The van der Waals surface area contributed by atoms with Crippen LogP contribution in [0.5, 0.6) is 0 Å². The second-order valence-electron chi connectivity index (χ2n) is 19.7. The summed E-state index contributed by atoms with van der Waals surface area (Å²) in [6.45, 7) is 8.71. The minimum Gasteiger partial charge on any atom is -0.463 e. The monoisotopic (exact) mass is 981 g/mol. The van der Waals surface area contributed by atoms with Crippen molar-refractivity contribution in [3.8, 4) is 0 Å². The Bertz CT molecular complexity index is 1270. The average Bonchev–Trinajstić information content (AvgIpc) is 3.34. The molecule has 69 heavy (non-hydrogen) atoms. The van der Waals surface area contributed by atoms with E-state index in [-0.39, 0.29) is 51.2 Å². The van der Waals surface area contributed by atoms with E-state index in [1.54, 1.807) is 0 Å². The number of rotatable bonds is 48. The highest BCUT2D eigenvalue weighted by molar-refractivity contribution is 5.75. The van der Waals surface area contributed by atoms with E-state index < -0.39 is 54.6 Å². The lowest BCUT2D eigenvalue weighted by atomic mass is 9.97. The van der Waals surface area contributed by atoms with E-state index in [2.05, 4.69) is 33.1 Å².